The van der Waals surface area contributed by atoms with Crippen LogP contribution in [0.15, 0.2) is 67.5 Å². The molecule has 44 heavy (non-hydrogen) atoms. The minimum absolute atomic E-state index is 0.0394. The first-order valence-corrected chi connectivity index (χ1v) is 17.2. The molecule has 2 aliphatic rings. The molecule has 246 valence electrons. The van der Waals surface area contributed by atoms with Gasteiger partial charge in [0.15, 0.2) is 9.84 Å². The first kappa shape index (κ1) is 40.4. The van der Waals surface area contributed by atoms with Crippen molar-refractivity contribution in [2.75, 3.05) is 37.7 Å². The zero-order valence-corrected chi connectivity index (χ0v) is 28.1. The lowest BCUT2D eigenvalue weighted by molar-refractivity contribution is -0.129. The van der Waals surface area contributed by atoms with E-state index in [1.807, 2.05) is 58.9 Å². The zero-order valence-electron chi connectivity index (χ0n) is 27.3. The molecule has 0 unspecified atom stereocenters. The Labute approximate surface area is 264 Å². The number of carbonyl (C=O) groups excluding carboxylic acids is 2. The highest BCUT2D eigenvalue weighted by molar-refractivity contribution is 7.91. The van der Waals surface area contributed by atoms with Gasteiger partial charge in [0, 0.05) is 19.3 Å². The molecule has 2 amide bonds. The fraction of sp³-hybridized carbons (Fsp3) is 0.485. The summed E-state index contributed by atoms with van der Waals surface area (Å²) in [5.41, 5.74) is 7.33. The van der Waals surface area contributed by atoms with Gasteiger partial charge in [0.2, 0.25) is 5.91 Å². The highest BCUT2D eigenvalue weighted by Crippen LogP contribution is 2.39. The Bertz CT molecular complexity index is 1270. The van der Waals surface area contributed by atoms with Gasteiger partial charge in [-0.25, -0.2) is 17.5 Å². The molecule has 11 heteroatoms. The van der Waals surface area contributed by atoms with Crippen LogP contribution in [-0.4, -0.2) is 72.6 Å². The number of hydrogen-bond acceptors (Lipinski definition) is 6. The van der Waals surface area contributed by atoms with E-state index in [0.717, 1.165) is 18.9 Å². The summed E-state index contributed by atoms with van der Waals surface area (Å²) < 4.78 is 36.7. The molecule has 2 fully saturated rings. The van der Waals surface area contributed by atoms with Gasteiger partial charge in [-0.2, -0.15) is 5.10 Å². The number of nitrogens with one attached hydrogen (secondary N) is 1. The molecule has 2 heterocycles. The molecule has 0 spiro atoms. The van der Waals surface area contributed by atoms with Gasteiger partial charge in [0.05, 0.1) is 35.5 Å². The van der Waals surface area contributed by atoms with E-state index in [0.29, 0.717) is 11.3 Å². The predicted molar refractivity (Wildman–Crippen MR) is 179 cm³/mol. The monoisotopic (exact) mass is 633 g/mol. The summed E-state index contributed by atoms with van der Waals surface area (Å²) in [5.74, 6) is -0.209. The minimum Gasteiger partial charge on any atom is -0.343 e. The third-order valence-corrected chi connectivity index (χ3v) is 7.69. The fourth-order valence-electron chi connectivity index (χ4n) is 3.50. The smallest absolute Gasteiger partial charge is 0.254 e. The van der Waals surface area contributed by atoms with E-state index in [4.69, 9.17) is 5.73 Å². The average molecular weight is 634 g/mol. The molecule has 1 aliphatic carbocycles. The predicted octanol–water partition coefficient (Wildman–Crippen LogP) is 5.58. The number of aromatic nitrogens is 2. The molecule has 0 bridgehead atoms. The quantitative estimate of drug-likeness (QED) is 0.365. The van der Waals surface area contributed by atoms with Crippen molar-refractivity contribution in [2.45, 2.75) is 66.7 Å². The van der Waals surface area contributed by atoms with Crippen LogP contribution in [0, 0.1) is 5.82 Å². The molecule has 3 N–H and O–H groups in total. The number of benzene rings is 1. The number of nitrogens with two attached hydrogens (primary N) is 1. The molecule has 0 radical (unpaired) electrons. The molecule has 1 aliphatic heterocycles. The summed E-state index contributed by atoms with van der Waals surface area (Å²) in [6.07, 6.45) is 13.7. The Morgan fingerprint density at radius 3 is 2.16 bits per heavy atom. The van der Waals surface area contributed by atoms with Crippen molar-refractivity contribution in [3.05, 3.63) is 84.5 Å². The van der Waals surface area contributed by atoms with Gasteiger partial charge in [0.25, 0.3) is 5.91 Å². The van der Waals surface area contributed by atoms with Crippen molar-refractivity contribution < 1.29 is 22.4 Å². The van der Waals surface area contributed by atoms with Crippen molar-refractivity contribution >= 4 is 27.3 Å². The van der Waals surface area contributed by atoms with Crippen LogP contribution in [0.25, 0.3) is 5.70 Å². The minimum atomic E-state index is -3.05. The first-order chi connectivity index (χ1) is 21.1. The van der Waals surface area contributed by atoms with Crippen LogP contribution in [0.1, 0.15) is 82.6 Å². The summed E-state index contributed by atoms with van der Waals surface area (Å²) in [4.78, 5) is 25.7. The van der Waals surface area contributed by atoms with Crippen LogP contribution in [0.3, 0.4) is 0 Å². The molecule has 1 saturated heterocycles. The van der Waals surface area contributed by atoms with Crippen LogP contribution in [0.4, 0.5) is 4.39 Å². The van der Waals surface area contributed by atoms with Crippen molar-refractivity contribution in [3.63, 3.8) is 0 Å². The zero-order chi connectivity index (χ0) is 33.5. The van der Waals surface area contributed by atoms with Gasteiger partial charge >= 0.3 is 0 Å². The second-order valence-corrected chi connectivity index (χ2v) is 11.6. The normalized spacial score (nSPS) is 15.1. The van der Waals surface area contributed by atoms with Crippen molar-refractivity contribution in [3.8, 4) is 0 Å². The maximum absolute atomic E-state index is 12.4. The van der Waals surface area contributed by atoms with Gasteiger partial charge in [-0.1, -0.05) is 65.5 Å². The molecular weight excluding hydrogens is 581 g/mol. The number of hydrogen-bond donors (Lipinski definition) is 2. The molecule has 0 atom stereocenters. The summed E-state index contributed by atoms with van der Waals surface area (Å²) >= 11 is 0. The van der Waals surface area contributed by atoms with E-state index in [1.165, 1.54) is 46.3 Å². The lowest BCUT2D eigenvalue weighted by Gasteiger charge is -2.26. The van der Waals surface area contributed by atoms with Crippen LogP contribution in [-0.2, 0) is 14.6 Å². The number of halogens is 1. The van der Waals surface area contributed by atoms with E-state index in [2.05, 4.69) is 23.9 Å². The summed E-state index contributed by atoms with van der Waals surface area (Å²) in [5, 5.41) is 6.65. The number of nitrogens with zero attached hydrogens (tertiary/aromatic N) is 3. The average Bonchev–Trinajstić information content (AvgIpc) is 3.79. The van der Waals surface area contributed by atoms with Crippen LogP contribution >= 0.6 is 0 Å². The maximum atomic E-state index is 12.4. The molecule has 9 nitrogen and oxygen atoms in total. The number of sulfone groups is 1. The number of rotatable bonds is 8. The Balaban J connectivity index is 0.000000837. The van der Waals surface area contributed by atoms with Crippen LogP contribution in [0.5, 0.6) is 0 Å². The molecule has 4 rings (SSSR count). The molecule has 1 aromatic carbocycles. The third kappa shape index (κ3) is 15.8. The van der Waals surface area contributed by atoms with Gasteiger partial charge in [-0.3, -0.25) is 9.59 Å². The Morgan fingerprint density at radius 2 is 1.68 bits per heavy atom. The van der Waals surface area contributed by atoms with E-state index < -0.39 is 15.7 Å². The Morgan fingerprint density at radius 1 is 1.11 bits per heavy atom. The highest BCUT2D eigenvalue weighted by atomic mass is 32.2. The van der Waals surface area contributed by atoms with E-state index in [9.17, 15) is 22.4 Å². The highest BCUT2D eigenvalue weighted by Gasteiger charge is 2.25. The topological polar surface area (TPSA) is 127 Å². The molecule has 2 aromatic rings. The Hall–Kier alpha value is -3.57. The van der Waals surface area contributed by atoms with Gasteiger partial charge in [-0.15, -0.1) is 0 Å². The molecule has 1 saturated carbocycles. The lowest BCUT2D eigenvalue weighted by Crippen LogP contribution is -2.47. The largest absolute Gasteiger partial charge is 0.343 e. The maximum Gasteiger partial charge on any atom is 0.254 e. The fourth-order valence-corrected chi connectivity index (χ4v) is 4.70. The SMILES string of the molecule is C=C/C(=C\C=C/C)n1cc(C(=O)NCC(=O)N2CCS(=O)(=O)CC2)cn1.CC.CC.CCCN.Fc1ccc(C2CC2)cc1. The van der Waals surface area contributed by atoms with Crippen molar-refractivity contribution in [2.24, 2.45) is 5.73 Å². The molecular formula is C33H52FN5O4S. The van der Waals surface area contributed by atoms with Crippen LogP contribution in [0.2, 0.25) is 0 Å². The first-order valence-electron chi connectivity index (χ1n) is 15.4. The number of amides is 2. The van der Waals surface area contributed by atoms with Crippen molar-refractivity contribution in [1.82, 2.24) is 20.0 Å². The van der Waals surface area contributed by atoms with Crippen LogP contribution < -0.4 is 11.1 Å². The summed E-state index contributed by atoms with van der Waals surface area (Å²) in [7, 11) is -3.05. The van der Waals surface area contributed by atoms with Gasteiger partial charge in [-0.05, 0) is 68.5 Å². The van der Waals surface area contributed by atoms with E-state index in [-0.39, 0.29) is 42.9 Å². The number of carbonyl (C=O) groups is 2. The van der Waals surface area contributed by atoms with E-state index >= 15 is 0 Å². The van der Waals surface area contributed by atoms with E-state index in [1.54, 1.807) is 18.3 Å². The second kappa shape index (κ2) is 22.9. The van der Waals surface area contributed by atoms with Crippen molar-refractivity contribution in [1.29, 1.82) is 0 Å². The molecule has 1 aromatic heterocycles. The standard InChI is InChI=1S/C17H22N4O4S.C9H9F.C3H9N.2C2H6/c1-3-5-6-15(4-2)21-13-14(11-19-21)17(23)18-12-16(22)20-7-9-26(24,25)10-8-20;10-9-5-3-8(4-6-9)7-1-2-7;1-2-3-4;2*1-2/h3-6,11,13H,2,7-10,12H2,1H3,(H,18,23);3-7H,1-2H2;2-4H2,1H3;2*1-2H3/b5-3-,15-6+;;;;. The number of allylic oxidation sites excluding steroid dienone is 5. The second-order valence-electron chi connectivity index (χ2n) is 9.32. The summed E-state index contributed by atoms with van der Waals surface area (Å²) in [6.45, 7) is 16.6. The van der Waals surface area contributed by atoms with Gasteiger partial charge in [0.1, 0.15) is 5.82 Å². The lowest BCUT2D eigenvalue weighted by atomic mass is 10.1. The Kier molecular flexibility index (Phi) is 21.0. The summed E-state index contributed by atoms with van der Waals surface area (Å²) in [6, 6.07) is 6.83. The third-order valence-electron chi connectivity index (χ3n) is 6.08. The van der Waals surface area contributed by atoms with Gasteiger partial charge < -0.3 is 16.0 Å².